The van der Waals surface area contributed by atoms with Gasteiger partial charge < -0.3 is 14.8 Å². The molecule has 0 aliphatic heterocycles. The van der Waals surface area contributed by atoms with E-state index < -0.39 is 0 Å². The van der Waals surface area contributed by atoms with Crippen LogP contribution < -0.4 is 14.8 Å². The minimum atomic E-state index is 0.0131. The molecule has 1 aromatic rings. The molecular weight excluding hydrogens is 322 g/mol. The fourth-order valence-electron chi connectivity index (χ4n) is 1.75. The van der Waals surface area contributed by atoms with Gasteiger partial charge in [0.05, 0.1) is 19.6 Å². The molecule has 4 nitrogen and oxygen atoms in total. The van der Waals surface area contributed by atoms with Gasteiger partial charge in [0.2, 0.25) is 5.91 Å². The van der Waals surface area contributed by atoms with Crippen molar-refractivity contribution in [2.75, 3.05) is 19.8 Å². The number of hydrogen-bond donors (Lipinski definition) is 1. The summed E-state index contributed by atoms with van der Waals surface area (Å²) in [6.07, 6.45) is 1.26. The van der Waals surface area contributed by atoms with Crippen LogP contribution in [0.3, 0.4) is 0 Å². The fourth-order valence-corrected chi connectivity index (χ4v) is 2.21. The van der Waals surface area contributed by atoms with Crippen LogP contribution in [0.4, 0.5) is 0 Å². The first-order chi connectivity index (χ1) is 9.62. The first-order valence-corrected chi connectivity index (χ1v) is 7.76. The molecule has 20 heavy (non-hydrogen) atoms. The summed E-state index contributed by atoms with van der Waals surface area (Å²) in [7, 11) is 0. The number of benzene rings is 1. The van der Waals surface area contributed by atoms with Crippen LogP contribution in [0.15, 0.2) is 16.6 Å². The quantitative estimate of drug-likeness (QED) is 0.787. The van der Waals surface area contributed by atoms with Crippen molar-refractivity contribution in [3.63, 3.8) is 0 Å². The van der Waals surface area contributed by atoms with Gasteiger partial charge >= 0.3 is 0 Å². The number of amides is 1. The summed E-state index contributed by atoms with van der Waals surface area (Å²) in [6.45, 7) is 7.71. The molecule has 1 amide bonds. The molecule has 0 radical (unpaired) electrons. The van der Waals surface area contributed by atoms with Crippen LogP contribution in [-0.2, 0) is 11.2 Å². The van der Waals surface area contributed by atoms with Crippen molar-refractivity contribution in [2.45, 2.75) is 33.6 Å². The van der Waals surface area contributed by atoms with Crippen molar-refractivity contribution < 1.29 is 14.3 Å². The zero-order valence-electron chi connectivity index (χ0n) is 12.3. The maximum atomic E-state index is 11.8. The summed E-state index contributed by atoms with van der Waals surface area (Å²) < 4.78 is 12.0. The fraction of sp³-hybridized carbons (Fsp3) is 0.533. The Kier molecular flexibility index (Phi) is 7.44. The van der Waals surface area contributed by atoms with Crippen LogP contribution in [0.1, 0.15) is 32.8 Å². The predicted molar refractivity (Wildman–Crippen MR) is 83.5 cm³/mol. The Balaban J connectivity index is 2.90. The normalized spacial score (nSPS) is 10.2. The lowest BCUT2D eigenvalue weighted by Gasteiger charge is -2.14. The third-order valence-electron chi connectivity index (χ3n) is 2.64. The van der Waals surface area contributed by atoms with Gasteiger partial charge in [0, 0.05) is 11.0 Å². The monoisotopic (exact) mass is 343 g/mol. The van der Waals surface area contributed by atoms with E-state index in [1.54, 1.807) is 0 Å². The molecule has 5 heteroatoms. The van der Waals surface area contributed by atoms with Crippen molar-refractivity contribution in [1.82, 2.24) is 5.32 Å². The highest BCUT2D eigenvalue weighted by Crippen LogP contribution is 2.34. The number of rotatable bonds is 8. The van der Waals surface area contributed by atoms with Crippen LogP contribution in [0.25, 0.3) is 0 Å². The summed E-state index contributed by atoms with van der Waals surface area (Å²) >= 11 is 3.48. The van der Waals surface area contributed by atoms with E-state index in [4.69, 9.17) is 9.47 Å². The smallest absolute Gasteiger partial charge is 0.224 e. The minimum Gasteiger partial charge on any atom is -0.490 e. The van der Waals surface area contributed by atoms with E-state index in [0.717, 1.165) is 16.5 Å². The highest BCUT2D eigenvalue weighted by atomic mass is 79.9. The van der Waals surface area contributed by atoms with Crippen molar-refractivity contribution in [3.8, 4) is 11.5 Å². The first-order valence-electron chi connectivity index (χ1n) is 6.97. The molecule has 112 valence electrons. The third-order valence-corrected chi connectivity index (χ3v) is 3.37. The molecule has 1 rings (SSSR count). The topological polar surface area (TPSA) is 47.6 Å². The third kappa shape index (κ3) is 5.04. The van der Waals surface area contributed by atoms with Crippen molar-refractivity contribution in [1.29, 1.82) is 0 Å². The molecule has 1 aromatic carbocycles. The van der Waals surface area contributed by atoms with Crippen LogP contribution in [0.2, 0.25) is 0 Å². The van der Waals surface area contributed by atoms with Gasteiger partial charge in [-0.2, -0.15) is 0 Å². The highest BCUT2D eigenvalue weighted by Gasteiger charge is 2.13. The summed E-state index contributed by atoms with van der Waals surface area (Å²) in [5, 5.41) is 2.87. The van der Waals surface area contributed by atoms with Crippen molar-refractivity contribution in [2.24, 2.45) is 0 Å². The highest BCUT2D eigenvalue weighted by molar-refractivity contribution is 9.10. The second-order valence-electron chi connectivity index (χ2n) is 4.28. The van der Waals surface area contributed by atoms with Gasteiger partial charge in [-0.25, -0.2) is 0 Å². The largest absolute Gasteiger partial charge is 0.490 e. The number of nitrogens with one attached hydrogen (secondary N) is 1. The standard InChI is InChI=1S/C15H22BrNO3/c1-4-7-17-15(18)9-11-8-13(19-5-2)14(20-6-3)10-12(11)16/h8,10H,4-7,9H2,1-3H3,(H,17,18). The molecule has 0 saturated carbocycles. The van der Waals surface area contributed by atoms with E-state index in [9.17, 15) is 4.79 Å². The number of carbonyl (C=O) groups is 1. The molecule has 0 aromatic heterocycles. The number of hydrogen-bond acceptors (Lipinski definition) is 3. The average Bonchev–Trinajstić information content (AvgIpc) is 2.42. The Labute approximate surface area is 129 Å². The van der Waals surface area contributed by atoms with Gasteiger partial charge in [-0.05, 0) is 38.0 Å². The molecule has 0 unspecified atom stereocenters. The van der Waals surface area contributed by atoms with Crippen LogP contribution in [0.5, 0.6) is 11.5 Å². The van der Waals surface area contributed by atoms with E-state index in [2.05, 4.69) is 21.2 Å². The van der Waals surface area contributed by atoms with Gasteiger partial charge in [-0.1, -0.05) is 22.9 Å². The Bertz CT molecular complexity index is 449. The number of halogens is 1. The Morgan fingerprint density at radius 2 is 1.75 bits per heavy atom. The van der Waals surface area contributed by atoms with Gasteiger partial charge in [0.15, 0.2) is 11.5 Å². The zero-order chi connectivity index (χ0) is 15.0. The molecule has 0 aliphatic rings. The van der Waals surface area contributed by atoms with E-state index >= 15 is 0 Å². The van der Waals surface area contributed by atoms with Gasteiger partial charge in [0.1, 0.15) is 0 Å². The van der Waals surface area contributed by atoms with Gasteiger partial charge in [-0.15, -0.1) is 0 Å². The molecule has 0 saturated heterocycles. The number of ether oxygens (including phenoxy) is 2. The van der Waals surface area contributed by atoms with E-state index in [1.165, 1.54) is 0 Å². The first kappa shape index (κ1) is 16.8. The lowest BCUT2D eigenvalue weighted by molar-refractivity contribution is -0.120. The minimum absolute atomic E-state index is 0.0131. The molecule has 0 fully saturated rings. The zero-order valence-corrected chi connectivity index (χ0v) is 13.9. The van der Waals surface area contributed by atoms with Gasteiger partial charge in [0.25, 0.3) is 0 Å². The maximum Gasteiger partial charge on any atom is 0.224 e. The van der Waals surface area contributed by atoms with Crippen LogP contribution in [-0.4, -0.2) is 25.7 Å². The van der Waals surface area contributed by atoms with Crippen LogP contribution >= 0.6 is 15.9 Å². The SMILES string of the molecule is CCCNC(=O)Cc1cc(OCC)c(OCC)cc1Br. The second kappa shape index (κ2) is 8.84. The van der Waals surface area contributed by atoms with Crippen molar-refractivity contribution >= 4 is 21.8 Å². The molecule has 0 atom stereocenters. The molecule has 0 bridgehead atoms. The van der Waals surface area contributed by atoms with E-state index in [-0.39, 0.29) is 5.91 Å². The molecule has 0 spiro atoms. The van der Waals surface area contributed by atoms with E-state index in [0.29, 0.717) is 37.7 Å². The molecular formula is C15H22BrNO3. The lowest BCUT2D eigenvalue weighted by Crippen LogP contribution is -2.25. The predicted octanol–water partition coefficient (Wildman–Crippen LogP) is 3.32. The summed E-state index contributed by atoms with van der Waals surface area (Å²) in [4.78, 5) is 11.8. The van der Waals surface area contributed by atoms with Crippen LogP contribution in [0, 0.1) is 0 Å². The molecule has 0 heterocycles. The van der Waals surface area contributed by atoms with E-state index in [1.807, 2.05) is 32.9 Å². The Morgan fingerprint density at radius 1 is 1.15 bits per heavy atom. The number of carbonyl (C=O) groups excluding carboxylic acids is 1. The molecule has 1 N–H and O–H groups in total. The summed E-state index contributed by atoms with van der Waals surface area (Å²) in [6, 6.07) is 3.72. The Hall–Kier alpha value is -1.23. The Morgan fingerprint density at radius 3 is 2.30 bits per heavy atom. The van der Waals surface area contributed by atoms with Crippen molar-refractivity contribution in [3.05, 3.63) is 22.2 Å². The molecule has 0 aliphatic carbocycles. The summed E-state index contributed by atoms with van der Waals surface area (Å²) in [5.74, 6) is 1.38. The second-order valence-corrected chi connectivity index (χ2v) is 5.14. The summed E-state index contributed by atoms with van der Waals surface area (Å²) in [5.41, 5.74) is 0.894. The lowest BCUT2D eigenvalue weighted by atomic mass is 10.1. The average molecular weight is 344 g/mol. The maximum absolute atomic E-state index is 11.8. The van der Waals surface area contributed by atoms with Gasteiger partial charge in [-0.3, -0.25) is 4.79 Å².